The van der Waals surface area contributed by atoms with E-state index in [4.69, 9.17) is 11.2 Å². The van der Waals surface area contributed by atoms with Crippen molar-refractivity contribution in [1.29, 1.82) is 0 Å². The maximum Gasteiger partial charge on any atom is 0.232 e. The predicted molar refractivity (Wildman–Crippen MR) is 49.0 cm³/mol. The number of hydrogen-bond acceptors (Lipinski definition) is 3. The van der Waals surface area contributed by atoms with E-state index in [2.05, 4.69) is 16.6 Å². The summed E-state index contributed by atoms with van der Waals surface area (Å²) in [5.41, 5.74) is 0. The molecule has 1 aliphatic rings. The third kappa shape index (κ3) is 2.72. The lowest BCUT2D eigenvalue weighted by Gasteiger charge is -2.17. The van der Waals surface area contributed by atoms with Crippen LogP contribution in [0.5, 0.6) is 0 Å². The first-order valence-electron chi connectivity index (χ1n) is 4.24. The van der Waals surface area contributed by atoms with Crippen LogP contribution in [-0.4, -0.2) is 38.3 Å². The lowest BCUT2D eigenvalue weighted by atomic mass is 10.2. The highest BCUT2D eigenvalue weighted by atomic mass is 16.5. The maximum absolute atomic E-state index is 11.1. The number of nitrogens with one attached hydrogen (secondary N) is 2. The summed E-state index contributed by atoms with van der Waals surface area (Å²) in [6, 6.07) is 0.0471. The van der Waals surface area contributed by atoms with Crippen LogP contribution in [-0.2, 0) is 9.53 Å². The van der Waals surface area contributed by atoms with Crippen LogP contribution in [0.3, 0.4) is 0 Å². The van der Waals surface area contributed by atoms with Crippen LogP contribution in [0.2, 0.25) is 0 Å². The molecule has 1 rings (SSSR count). The van der Waals surface area contributed by atoms with Gasteiger partial charge in [0, 0.05) is 20.2 Å². The normalized spacial score (nSPS) is 26.8. The highest BCUT2D eigenvalue weighted by Crippen LogP contribution is 2.03. The van der Waals surface area contributed by atoms with Gasteiger partial charge in [0.1, 0.15) is 0 Å². The topological polar surface area (TPSA) is 50.4 Å². The van der Waals surface area contributed by atoms with Crippen LogP contribution in [0, 0.1) is 12.3 Å². The number of hydrogen-bond donors (Lipinski definition) is 2. The number of rotatable bonds is 3. The Balaban J connectivity index is 2.35. The Bertz CT molecular complexity index is 222. The quantitative estimate of drug-likeness (QED) is 0.557. The summed E-state index contributed by atoms with van der Waals surface area (Å²) in [6.07, 6.45) is 5.20. The first-order valence-corrected chi connectivity index (χ1v) is 4.24. The minimum absolute atomic E-state index is 0.0471. The van der Waals surface area contributed by atoms with Gasteiger partial charge >= 0.3 is 0 Å². The van der Waals surface area contributed by atoms with Crippen LogP contribution in [0.1, 0.15) is 6.42 Å². The third-order valence-electron chi connectivity index (χ3n) is 2.07. The molecule has 1 saturated heterocycles. The molecular formula is C9H14N2O2. The second-order valence-corrected chi connectivity index (χ2v) is 2.99. The molecule has 1 heterocycles. The molecule has 0 aromatic rings. The second-order valence-electron chi connectivity index (χ2n) is 2.99. The lowest BCUT2D eigenvalue weighted by molar-refractivity contribution is -0.121. The van der Waals surface area contributed by atoms with Gasteiger partial charge in [0.05, 0.1) is 18.6 Å². The summed E-state index contributed by atoms with van der Waals surface area (Å²) in [4.78, 5) is 11.1. The molecule has 0 radical (unpaired) electrons. The van der Waals surface area contributed by atoms with Gasteiger partial charge in [-0.1, -0.05) is 5.92 Å². The standard InChI is InChI=1S/C9H14N2O2/c1-3-4-9(12)11-7-5-10-6-8(7)13-2/h1,7-8,10H,4-6H2,2H3,(H,11,12)/t7?,8-/m0/s1. The summed E-state index contributed by atoms with van der Waals surface area (Å²) in [5, 5.41) is 5.94. The monoisotopic (exact) mass is 182 g/mol. The fourth-order valence-electron chi connectivity index (χ4n) is 1.40. The molecule has 72 valence electrons. The van der Waals surface area contributed by atoms with E-state index in [1.807, 2.05) is 0 Å². The van der Waals surface area contributed by atoms with E-state index in [9.17, 15) is 4.79 Å². The molecule has 0 aromatic carbocycles. The van der Waals surface area contributed by atoms with Gasteiger partial charge in [-0.05, 0) is 0 Å². The molecule has 1 amide bonds. The van der Waals surface area contributed by atoms with E-state index >= 15 is 0 Å². The molecule has 0 aromatic heterocycles. The number of methoxy groups -OCH3 is 1. The minimum Gasteiger partial charge on any atom is -0.378 e. The van der Waals surface area contributed by atoms with Gasteiger partial charge in [0.15, 0.2) is 0 Å². The van der Waals surface area contributed by atoms with Gasteiger partial charge < -0.3 is 15.4 Å². The summed E-state index contributed by atoms with van der Waals surface area (Å²) in [6.45, 7) is 1.52. The number of carbonyl (C=O) groups excluding carboxylic acids is 1. The van der Waals surface area contributed by atoms with E-state index < -0.39 is 0 Å². The largest absolute Gasteiger partial charge is 0.378 e. The van der Waals surface area contributed by atoms with Gasteiger partial charge in [-0.15, -0.1) is 6.42 Å². The van der Waals surface area contributed by atoms with Crippen molar-refractivity contribution < 1.29 is 9.53 Å². The summed E-state index contributed by atoms with van der Waals surface area (Å²) in [7, 11) is 1.64. The van der Waals surface area contributed by atoms with Crippen molar-refractivity contribution in [3.63, 3.8) is 0 Å². The molecule has 2 atom stereocenters. The van der Waals surface area contributed by atoms with Crippen molar-refractivity contribution >= 4 is 5.91 Å². The summed E-state index contributed by atoms with van der Waals surface area (Å²) >= 11 is 0. The molecular weight excluding hydrogens is 168 g/mol. The Labute approximate surface area is 78.0 Å². The molecule has 2 N–H and O–H groups in total. The molecule has 0 spiro atoms. The predicted octanol–water partition coefficient (Wildman–Crippen LogP) is -0.887. The fourth-order valence-corrected chi connectivity index (χ4v) is 1.40. The summed E-state index contributed by atoms with van der Waals surface area (Å²) < 4.78 is 5.17. The molecule has 0 bridgehead atoms. The van der Waals surface area contributed by atoms with E-state index in [1.54, 1.807) is 7.11 Å². The van der Waals surface area contributed by atoms with Crippen LogP contribution >= 0.6 is 0 Å². The van der Waals surface area contributed by atoms with E-state index in [1.165, 1.54) is 0 Å². The molecule has 1 aliphatic heterocycles. The first-order chi connectivity index (χ1) is 6.27. The van der Waals surface area contributed by atoms with Crippen molar-refractivity contribution in [3.05, 3.63) is 0 Å². The Morgan fingerprint density at radius 1 is 1.77 bits per heavy atom. The Hall–Kier alpha value is -1.05. The fraction of sp³-hybridized carbons (Fsp3) is 0.667. The van der Waals surface area contributed by atoms with Crippen molar-refractivity contribution in [2.24, 2.45) is 0 Å². The van der Waals surface area contributed by atoms with Gasteiger partial charge in [-0.25, -0.2) is 0 Å². The second kappa shape index (κ2) is 4.85. The smallest absolute Gasteiger partial charge is 0.232 e. The third-order valence-corrected chi connectivity index (χ3v) is 2.07. The number of terminal acetylenes is 1. The molecule has 1 unspecified atom stereocenters. The van der Waals surface area contributed by atoms with Crippen molar-refractivity contribution in [1.82, 2.24) is 10.6 Å². The number of ether oxygens (including phenoxy) is 1. The van der Waals surface area contributed by atoms with Gasteiger partial charge in [0.25, 0.3) is 0 Å². The SMILES string of the molecule is C#CCC(=O)NC1CNC[C@@H]1OC. The summed E-state index contributed by atoms with van der Waals surface area (Å²) in [5.74, 6) is 2.19. The van der Waals surface area contributed by atoms with Crippen LogP contribution in [0.25, 0.3) is 0 Å². The number of amides is 1. The lowest BCUT2D eigenvalue weighted by Crippen LogP contribution is -2.43. The van der Waals surface area contributed by atoms with Crippen LogP contribution in [0.4, 0.5) is 0 Å². The Kier molecular flexibility index (Phi) is 3.74. The molecule has 0 saturated carbocycles. The minimum atomic E-state index is -0.113. The van der Waals surface area contributed by atoms with Gasteiger partial charge in [-0.3, -0.25) is 4.79 Å². The first kappa shape index (κ1) is 10.0. The zero-order valence-corrected chi connectivity index (χ0v) is 7.67. The Morgan fingerprint density at radius 3 is 3.15 bits per heavy atom. The zero-order chi connectivity index (χ0) is 9.68. The van der Waals surface area contributed by atoms with Crippen molar-refractivity contribution in [2.45, 2.75) is 18.6 Å². The van der Waals surface area contributed by atoms with E-state index in [0.29, 0.717) is 0 Å². The average molecular weight is 182 g/mol. The van der Waals surface area contributed by atoms with Crippen LogP contribution < -0.4 is 10.6 Å². The van der Waals surface area contributed by atoms with Gasteiger partial charge in [0.2, 0.25) is 5.91 Å². The average Bonchev–Trinajstić information content (AvgIpc) is 2.52. The maximum atomic E-state index is 11.1. The zero-order valence-electron chi connectivity index (χ0n) is 7.67. The molecule has 4 heteroatoms. The molecule has 0 aliphatic carbocycles. The van der Waals surface area contributed by atoms with E-state index in [-0.39, 0.29) is 24.5 Å². The molecule has 1 fully saturated rings. The molecule has 13 heavy (non-hydrogen) atoms. The highest BCUT2D eigenvalue weighted by Gasteiger charge is 2.27. The van der Waals surface area contributed by atoms with E-state index in [0.717, 1.165) is 13.1 Å². The number of carbonyl (C=O) groups is 1. The van der Waals surface area contributed by atoms with Crippen LogP contribution in [0.15, 0.2) is 0 Å². The van der Waals surface area contributed by atoms with Crippen molar-refractivity contribution in [3.8, 4) is 12.3 Å². The molecule has 4 nitrogen and oxygen atoms in total. The van der Waals surface area contributed by atoms with Gasteiger partial charge in [-0.2, -0.15) is 0 Å². The van der Waals surface area contributed by atoms with Crippen molar-refractivity contribution in [2.75, 3.05) is 20.2 Å². The highest BCUT2D eigenvalue weighted by molar-refractivity contribution is 5.78. The Morgan fingerprint density at radius 2 is 2.54 bits per heavy atom.